The van der Waals surface area contributed by atoms with E-state index in [1.54, 1.807) is 0 Å². The summed E-state index contributed by atoms with van der Waals surface area (Å²) in [6.45, 7) is 4.50. The Morgan fingerprint density at radius 3 is 2.79 bits per heavy atom. The fourth-order valence-corrected chi connectivity index (χ4v) is 3.91. The zero-order valence-corrected chi connectivity index (χ0v) is 12.7. The molecule has 0 aromatic rings. The Labute approximate surface area is 120 Å². The first-order valence-electron chi connectivity index (χ1n) is 7.42. The summed E-state index contributed by atoms with van der Waals surface area (Å²) in [4.78, 5) is 16.1. The standard InChI is InChI=1S/C14H25N3OS/c1-2-8-15-12(18)5-9-16-13-17-10-14(11-19-13)6-3-4-7-14/h2-11H2,1H3,(H,15,18)(H,16,17). The molecule has 0 unspecified atom stereocenters. The molecule has 1 aliphatic carbocycles. The Morgan fingerprint density at radius 2 is 2.16 bits per heavy atom. The molecule has 1 fully saturated rings. The van der Waals surface area contributed by atoms with Crippen LogP contribution in [0, 0.1) is 5.41 Å². The zero-order chi connectivity index (χ0) is 13.6. The third-order valence-corrected chi connectivity index (χ3v) is 5.24. The molecular formula is C14H25N3OS. The second-order valence-corrected chi connectivity index (χ2v) is 6.61. The van der Waals surface area contributed by atoms with E-state index >= 15 is 0 Å². The summed E-state index contributed by atoms with van der Waals surface area (Å²) < 4.78 is 0. The first-order chi connectivity index (χ1) is 9.24. The van der Waals surface area contributed by atoms with E-state index in [2.05, 4.69) is 22.5 Å². The van der Waals surface area contributed by atoms with Gasteiger partial charge < -0.3 is 10.6 Å². The Kier molecular flexibility index (Phi) is 5.55. The Morgan fingerprint density at radius 1 is 1.37 bits per heavy atom. The topological polar surface area (TPSA) is 53.5 Å². The van der Waals surface area contributed by atoms with Gasteiger partial charge in [0.2, 0.25) is 5.91 Å². The van der Waals surface area contributed by atoms with E-state index in [4.69, 9.17) is 0 Å². The second-order valence-electron chi connectivity index (χ2n) is 5.64. The minimum atomic E-state index is 0.128. The van der Waals surface area contributed by atoms with E-state index in [0.717, 1.165) is 24.7 Å². The van der Waals surface area contributed by atoms with Crippen molar-refractivity contribution in [3.05, 3.63) is 0 Å². The molecule has 1 aliphatic heterocycles. The predicted octanol–water partition coefficient (Wildman–Crippen LogP) is 2.16. The lowest BCUT2D eigenvalue weighted by molar-refractivity contribution is -0.120. The molecular weight excluding hydrogens is 258 g/mol. The van der Waals surface area contributed by atoms with E-state index in [-0.39, 0.29) is 5.91 Å². The molecule has 2 rings (SSSR count). The van der Waals surface area contributed by atoms with Crippen molar-refractivity contribution < 1.29 is 4.79 Å². The number of thioether (sulfide) groups is 1. The average molecular weight is 283 g/mol. The highest BCUT2D eigenvalue weighted by molar-refractivity contribution is 8.13. The van der Waals surface area contributed by atoms with Crippen LogP contribution < -0.4 is 10.6 Å². The third-order valence-electron chi connectivity index (χ3n) is 3.94. The van der Waals surface area contributed by atoms with Gasteiger partial charge in [-0.05, 0) is 24.7 Å². The lowest BCUT2D eigenvalue weighted by Crippen LogP contribution is -2.35. The molecule has 0 saturated heterocycles. The smallest absolute Gasteiger partial charge is 0.221 e. The molecule has 1 amide bonds. The minimum absolute atomic E-state index is 0.128. The molecule has 2 N–H and O–H groups in total. The number of amides is 1. The number of rotatable bonds is 5. The van der Waals surface area contributed by atoms with Gasteiger partial charge in [-0.25, -0.2) is 0 Å². The lowest BCUT2D eigenvalue weighted by atomic mass is 9.89. The van der Waals surface area contributed by atoms with Crippen LogP contribution in [0.25, 0.3) is 0 Å². The summed E-state index contributed by atoms with van der Waals surface area (Å²) in [5.41, 5.74) is 0.494. The molecule has 0 aromatic carbocycles. The van der Waals surface area contributed by atoms with Crippen molar-refractivity contribution in [3.63, 3.8) is 0 Å². The average Bonchev–Trinajstić information content (AvgIpc) is 2.87. The first-order valence-corrected chi connectivity index (χ1v) is 8.40. The molecule has 1 saturated carbocycles. The predicted molar refractivity (Wildman–Crippen MR) is 81.6 cm³/mol. The van der Waals surface area contributed by atoms with Gasteiger partial charge in [-0.2, -0.15) is 0 Å². The molecule has 1 heterocycles. The van der Waals surface area contributed by atoms with E-state index < -0.39 is 0 Å². The van der Waals surface area contributed by atoms with Crippen molar-refractivity contribution in [2.24, 2.45) is 10.4 Å². The van der Waals surface area contributed by atoms with E-state index in [0.29, 0.717) is 18.4 Å². The molecule has 1 spiro atoms. The van der Waals surface area contributed by atoms with Gasteiger partial charge in [0.15, 0.2) is 5.17 Å². The molecule has 19 heavy (non-hydrogen) atoms. The number of carbonyl (C=O) groups is 1. The normalized spacial score (nSPS) is 21.2. The quantitative estimate of drug-likeness (QED) is 0.813. The summed E-state index contributed by atoms with van der Waals surface area (Å²) in [5.74, 6) is 1.32. The first kappa shape index (κ1) is 14.7. The molecule has 108 valence electrons. The lowest BCUT2D eigenvalue weighted by Gasteiger charge is -2.31. The maximum absolute atomic E-state index is 11.4. The summed E-state index contributed by atoms with van der Waals surface area (Å²) in [5, 5.41) is 7.20. The van der Waals surface area contributed by atoms with Gasteiger partial charge in [0.05, 0.1) is 0 Å². The fourth-order valence-electron chi connectivity index (χ4n) is 2.72. The SMILES string of the molecule is CCCNC(=O)CCNC1=NCC2(CCCC2)CS1. The highest BCUT2D eigenvalue weighted by Crippen LogP contribution is 2.43. The molecule has 0 atom stereocenters. The molecule has 4 nitrogen and oxygen atoms in total. The largest absolute Gasteiger partial charge is 0.364 e. The number of nitrogens with one attached hydrogen (secondary N) is 2. The Hall–Kier alpha value is -0.710. The van der Waals surface area contributed by atoms with Gasteiger partial charge in [0.25, 0.3) is 0 Å². The summed E-state index contributed by atoms with van der Waals surface area (Å²) >= 11 is 1.84. The monoisotopic (exact) mass is 283 g/mol. The van der Waals surface area contributed by atoms with Crippen molar-refractivity contribution >= 4 is 22.8 Å². The number of aliphatic imine (C=N–C) groups is 1. The summed E-state index contributed by atoms with van der Waals surface area (Å²) in [6, 6.07) is 0. The van der Waals surface area contributed by atoms with Crippen molar-refractivity contribution in [1.29, 1.82) is 0 Å². The van der Waals surface area contributed by atoms with Crippen LogP contribution in [0.2, 0.25) is 0 Å². The second kappa shape index (κ2) is 7.17. The van der Waals surface area contributed by atoms with Crippen LogP contribution in [0.4, 0.5) is 0 Å². The fraction of sp³-hybridized carbons (Fsp3) is 0.857. The summed E-state index contributed by atoms with van der Waals surface area (Å²) in [7, 11) is 0. The van der Waals surface area contributed by atoms with Crippen LogP contribution >= 0.6 is 11.8 Å². The third kappa shape index (κ3) is 4.41. The highest BCUT2D eigenvalue weighted by atomic mass is 32.2. The number of hydrogen-bond donors (Lipinski definition) is 2. The van der Waals surface area contributed by atoms with Gasteiger partial charge >= 0.3 is 0 Å². The van der Waals surface area contributed by atoms with E-state index in [1.165, 1.54) is 31.4 Å². The number of carbonyl (C=O) groups excluding carboxylic acids is 1. The van der Waals surface area contributed by atoms with Crippen molar-refractivity contribution in [1.82, 2.24) is 10.6 Å². The van der Waals surface area contributed by atoms with Gasteiger partial charge in [0.1, 0.15) is 0 Å². The highest BCUT2D eigenvalue weighted by Gasteiger charge is 2.36. The van der Waals surface area contributed by atoms with Crippen molar-refractivity contribution in [2.45, 2.75) is 45.4 Å². The Bertz CT molecular complexity index is 338. The molecule has 0 aromatic heterocycles. The Balaban J connectivity index is 1.64. The number of amidine groups is 1. The maximum atomic E-state index is 11.4. The number of nitrogens with zero attached hydrogens (tertiary/aromatic N) is 1. The van der Waals surface area contributed by atoms with Crippen LogP contribution in [-0.4, -0.2) is 36.5 Å². The van der Waals surface area contributed by atoms with Crippen LogP contribution in [0.5, 0.6) is 0 Å². The van der Waals surface area contributed by atoms with Crippen LogP contribution in [0.1, 0.15) is 45.4 Å². The maximum Gasteiger partial charge on any atom is 0.221 e. The molecule has 0 radical (unpaired) electrons. The van der Waals surface area contributed by atoms with Gasteiger partial charge in [0, 0.05) is 31.8 Å². The zero-order valence-electron chi connectivity index (χ0n) is 11.8. The van der Waals surface area contributed by atoms with Crippen molar-refractivity contribution in [3.8, 4) is 0 Å². The summed E-state index contributed by atoms with van der Waals surface area (Å²) in [6.07, 6.45) is 6.95. The van der Waals surface area contributed by atoms with Crippen molar-refractivity contribution in [2.75, 3.05) is 25.4 Å². The van der Waals surface area contributed by atoms with Gasteiger partial charge in [-0.1, -0.05) is 31.5 Å². The van der Waals surface area contributed by atoms with Crippen LogP contribution in [0.15, 0.2) is 4.99 Å². The molecule has 0 bridgehead atoms. The van der Waals surface area contributed by atoms with E-state index in [1.807, 2.05) is 11.8 Å². The van der Waals surface area contributed by atoms with Gasteiger partial charge in [-0.3, -0.25) is 9.79 Å². The molecule has 2 aliphatic rings. The van der Waals surface area contributed by atoms with Crippen LogP contribution in [0.3, 0.4) is 0 Å². The number of hydrogen-bond acceptors (Lipinski definition) is 4. The van der Waals surface area contributed by atoms with E-state index in [9.17, 15) is 4.79 Å². The molecule has 5 heteroatoms. The van der Waals surface area contributed by atoms with Crippen LogP contribution in [-0.2, 0) is 4.79 Å². The van der Waals surface area contributed by atoms with Gasteiger partial charge in [-0.15, -0.1) is 0 Å². The minimum Gasteiger partial charge on any atom is -0.364 e.